The Balaban J connectivity index is 2.16. The molecule has 5 heteroatoms. The first kappa shape index (κ1) is 15.8. The molecule has 2 amide bonds. The van der Waals surface area contributed by atoms with Gasteiger partial charge in [-0.25, -0.2) is 4.79 Å². The van der Waals surface area contributed by atoms with Gasteiger partial charge in [0.1, 0.15) is 12.4 Å². The second-order valence-corrected chi connectivity index (χ2v) is 5.23. The summed E-state index contributed by atoms with van der Waals surface area (Å²) in [7, 11) is 1.81. The Hall–Kier alpha value is -1.23. The average Bonchev–Trinajstić information content (AvgIpc) is 2.42. The number of benzene rings is 1. The van der Waals surface area contributed by atoms with Crippen LogP contribution in [0.1, 0.15) is 19.8 Å². The number of carbonyl (C=O) groups is 1. The molecule has 0 aromatic heterocycles. The van der Waals surface area contributed by atoms with Gasteiger partial charge in [-0.2, -0.15) is 0 Å². The van der Waals surface area contributed by atoms with E-state index < -0.39 is 0 Å². The molecule has 106 valence electrons. The van der Waals surface area contributed by atoms with Crippen molar-refractivity contribution in [2.24, 2.45) is 0 Å². The van der Waals surface area contributed by atoms with Crippen molar-refractivity contribution in [3.63, 3.8) is 0 Å². The van der Waals surface area contributed by atoms with E-state index in [9.17, 15) is 4.79 Å². The van der Waals surface area contributed by atoms with E-state index in [2.05, 4.69) is 28.2 Å². The number of halogens is 1. The van der Waals surface area contributed by atoms with Gasteiger partial charge in [-0.05, 0) is 30.7 Å². The number of hydrogen-bond acceptors (Lipinski definition) is 2. The summed E-state index contributed by atoms with van der Waals surface area (Å²) in [5, 5.41) is 2.83. The molecule has 0 aliphatic heterocycles. The minimum atomic E-state index is -0.0483. The van der Waals surface area contributed by atoms with Gasteiger partial charge in [0.15, 0.2) is 0 Å². The van der Waals surface area contributed by atoms with Gasteiger partial charge in [-0.1, -0.05) is 29.3 Å². The second-order valence-electron chi connectivity index (χ2n) is 4.31. The maximum Gasteiger partial charge on any atom is 0.317 e. The van der Waals surface area contributed by atoms with Crippen LogP contribution in [0.25, 0.3) is 0 Å². The SMILES string of the molecule is CCCCN(C)C(=O)NCCOc1ccc(Br)cc1. The first-order valence-electron chi connectivity index (χ1n) is 6.50. The molecule has 19 heavy (non-hydrogen) atoms. The number of nitrogens with one attached hydrogen (secondary N) is 1. The molecule has 1 N–H and O–H groups in total. The van der Waals surface area contributed by atoms with Crippen LogP contribution in [-0.2, 0) is 0 Å². The molecule has 0 radical (unpaired) electrons. The zero-order valence-electron chi connectivity index (χ0n) is 11.5. The standard InChI is InChI=1S/C14H21BrN2O2/c1-3-4-10-17(2)14(18)16-9-11-19-13-7-5-12(15)6-8-13/h5-8H,3-4,9-11H2,1-2H3,(H,16,18). The molecule has 1 rings (SSSR count). The third kappa shape index (κ3) is 6.47. The van der Waals surface area contributed by atoms with Crippen LogP contribution in [0.2, 0.25) is 0 Å². The van der Waals surface area contributed by atoms with E-state index in [1.165, 1.54) is 0 Å². The van der Waals surface area contributed by atoms with E-state index in [1.54, 1.807) is 11.9 Å². The summed E-state index contributed by atoms with van der Waals surface area (Å²) in [5.41, 5.74) is 0. The Labute approximate surface area is 123 Å². The Bertz CT molecular complexity index is 382. The number of carbonyl (C=O) groups excluding carboxylic acids is 1. The highest BCUT2D eigenvalue weighted by Gasteiger charge is 2.06. The normalized spacial score (nSPS) is 10.1. The molecular formula is C14H21BrN2O2. The first-order valence-corrected chi connectivity index (χ1v) is 7.30. The molecule has 0 aliphatic carbocycles. The molecule has 0 fully saturated rings. The lowest BCUT2D eigenvalue weighted by Gasteiger charge is -2.17. The van der Waals surface area contributed by atoms with E-state index in [0.29, 0.717) is 13.2 Å². The number of rotatable bonds is 7. The Morgan fingerprint density at radius 2 is 2.05 bits per heavy atom. The van der Waals surface area contributed by atoms with Crippen molar-refractivity contribution in [2.75, 3.05) is 26.7 Å². The highest BCUT2D eigenvalue weighted by molar-refractivity contribution is 9.10. The number of amides is 2. The highest BCUT2D eigenvalue weighted by atomic mass is 79.9. The minimum absolute atomic E-state index is 0.0483. The molecular weight excluding hydrogens is 308 g/mol. The summed E-state index contributed by atoms with van der Waals surface area (Å²) in [4.78, 5) is 13.4. The number of ether oxygens (including phenoxy) is 1. The smallest absolute Gasteiger partial charge is 0.317 e. The summed E-state index contributed by atoms with van der Waals surface area (Å²) < 4.78 is 6.54. The third-order valence-electron chi connectivity index (χ3n) is 2.65. The van der Waals surface area contributed by atoms with Gasteiger partial charge in [-0.3, -0.25) is 0 Å². The number of nitrogens with zero attached hydrogens (tertiary/aromatic N) is 1. The van der Waals surface area contributed by atoms with Gasteiger partial charge >= 0.3 is 6.03 Å². The zero-order valence-corrected chi connectivity index (χ0v) is 13.1. The van der Waals surface area contributed by atoms with E-state index in [4.69, 9.17) is 4.74 Å². The molecule has 0 unspecified atom stereocenters. The van der Waals surface area contributed by atoms with Crippen LogP contribution in [0.5, 0.6) is 5.75 Å². The first-order chi connectivity index (χ1) is 9.13. The van der Waals surface area contributed by atoms with Crippen molar-refractivity contribution in [3.05, 3.63) is 28.7 Å². The molecule has 1 aromatic carbocycles. The van der Waals surface area contributed by atoms with Gasteiger partial charge in [0.05, 0.1) is 6.54 Å². The van der Waals surface area contributed by atoms with E-state index in [1.807, 2.05) is 24.3 Å². The van der Waals surface area contributed by atoms with Gasteiger partial charge in [0, 0.05) is 18.1 Å². The maximum atomic E-state index is 11.7. The average molecular weight is 329 g/mol. The number of hydrogen-bond donors (Lipinski definition) is 1. The monoisotopic (exact) mass is 328 g/mol. The lowest BCUT2D eigenvalue weighted by molar-refractivity contribution is 0.204. The largest absolute Gasteiger partial charge is 0.492 e. The van der Waals surface area contributed by atoms with Crippen molar-refractivity contribution in [1.29, 1.82) is 0 Å². The molecule has 4 nitrogen and oxygen atoms in total. The Kier molecular flexibility index (Phi) is 7.33. The van der Waals surface area contributed by atoms with E-state index in [0.717, 1.165) is 29.6 Å². The van der Waals surface area contributed by atoms with E-state index >= 15 is 0 Å². The fourth-order valence-corrected chi connectivity index (χ4v) is 1.75. The second kappa shape index (κ2) is 8.80. The maximum absolute atomic E-state index is 11.7. The van der Waals surface area contributed by atoms with Crippen LogP contribution in [0, 0.1) is 0 Å². The predicted octanol–water partition coefficient (Wildman–Crippen LogP) is 3.27. The molecule has 0 aliphatic rings. The minimum Gasteiger partial charge on any atom is -0.492 e. The van der Waals surface area contributed by atoms with Crippen LogP contribution in [-0.4, -0.2) is 37.7 Å². The number of unbranched alkanes of at least 4 members (excludes halogenated alkanes) is 1. The molecule has 0 atom stereocenters. The predicted molar refractivity (Wildman–Crippen MR) is 80.6 cm³/mol. The van der Waals surface area contributed by atoms with Crippen molar-refractivity contribution in [2.45, 2.75) is 19.8 Å². The lowest BCUT2D eigenvalue weighted by Crippen LogP contribution is -2.39. The molecule has 0 saturated heterocycles. The highest BCUT2D eigenvalue weighted by Crippen LogP contribution is 2.15. The van der Waals surface area contributed by atoms with Crippen LogP contribution in [0.15, 0.2) is 28.7 Å². The topological polar surface area (TPSA) is 41.6 Å². The fourth-order valence-electron chi connectivity index (χ4n) is 1.49. The molecule has 0 bridgehead atoms. The van der Waals surface area contributed by atoms with E-state index in [-0.39, 0.29) is 6.03 Å². The quantitative estimate of drug-likeness (QED) is 0.780. The van der Waals surface area contributed by atoms with Crippen molar-refractivity contribution in [1.82, 2.24) is 10.2 Å². The van der Waals surface area contributed by atoms with Crippen LogP contribution < -0.4 is 10.1 Å². The van der Waals surface area contributed by atoms with Crippen molar-refractivity contribution >= 4 is 22.0 Å². The summed E-state index contributed by atoms with van der Waals surface area (Å²) in [6.07, 6.45) is 2.11. The lowest BCUT2D eigenvalue weighted by atomic mass is 10.3. The fraction of sp³-hybridized carbons (Fsp3) is 0.500. The van der Waals surface area contributed by atoms with Gasteiger partial charge in [0.2, 0.25) is 0 Å². The van der Waals surface area contributed by atoms with Gasteiger partial charge in [0.25, 0.3) is 0 Å². The molecule has 1 aromatic rings. The zero-order chi connectivity index (χ0) is 14.1. The summed E-state index contributed by atoms with van der Waals surface area (Å²) in [6.45, 7) is 3.87. The van der Waals surface area contributed by atoms with Crippen LogP contribution >= 0.6 is 15.9 Å². The summed E-state index contributed by atoms with van der Waals surface area (Å²) >= 11 is 3.36. The summed E-state index contributed by atoms with van der Waals surface area (Å²) in [5.74, 6) is 0.803. The molecule has 0 spiro atoms. The van der Waals surface area contributed by atoms with Crippen molar-refractivity contribution < 1.29 is 9.53 Å². The summed E-state index contributed by atoms with van der Waals surface area (Å²) in [6, 6.07) is 7.57. The molecule has 0 heterocycles. The van der Waals surface area contributed by atoms with Gasteiger partial charge in [-0.15, -0.1) is 0 Å². The van der Waals surface area contributed by atoms with Crippen LogP contribution in [0.4, 0.5) is 4.79 Å². The Morgan fingerprint density at radius 1 is 1.37 bits per heavy atom. The van der Waals surface area contributed by atoms with Crippen LogP contribution in [0.3, 0.4) is 0 Å². The number of urea groups is 1. The molecule has 0 saturated carbocycles. The third-order valence-corrected chi connectivity index (χ3v) is 3.18. The van der Waals surface area contributed by atoms with Crippen molar-refractivity contribution in [3.8, 4) is 5.75 Å². The Morgan fingerprint density at radius 3 is 2.68 bits per heavy atom. The van der Waals surface area contributed by atoms with Gasteiger partial charge < -0.3 is 15.0 Å².